The predicted octanol–water partition coefficient (Wildman–Crippen LogP) is 2.18. The third-order valence-electron chi connectivity index (χ3n) is 5.56. The lowest BCUT2D eigenvalue weighted by molar-refractivity contribution is 0.202. The maximum Gasteiger partial charge on any atom is 0.277 e. The third kappa shape index (κ3) is 3.38. The van der Waals surface area contributed by atoms with Gasteiger partial charge in [0.25, 0.3) is 5.56 Å². The van der Waals surface area contributed by atoms with Crippen molar-refractivity contribution in [3.63, 3.8) is 0 Å². The van der Waals surface area contributed by atoms with E-state index >= 15 is 0 Å². The first-order chi connectivity index (χ1) is 14.2. The Labute approximate surface area is 166 Å². The number of alkyl halides is 1. The van der Waals surface area contributed by atoms with Crippen LogP contribution in [0.5, 0.6) is 0 Å². The average molecular weight is 395 g/mol. The number of hydrogen-bond donors (Lipinski definition) is 2. The molecule has 0 amide bonds. The molecular weight excluding hydrogens is 373 g/mol. The van der Waals surface area contributed by atoms with Crippen molar-refractivity contribution in [2.75, 3.05) is 31.6 Å². The molecule has 5 heterocycles. The summed E-state index contributed by atoms with van der Waals surface area (Å²) in [7, 11) is 0. The van der Waals surface area contributed by atoms with Gasteiger partial charge in [0, 0.05) is 49.8 Å². The van der Waals surface area contributed by atoms with E-state index in [1.54, 1.807) is 21.4 Å². The van der Waals surface area contributed by atoms with Gasteiger partial charge in [-0.05, 0) is 42.7 Å². The van der Waals surface area contributed by atoms with E-state index in [2.05, 4.69) is 25.4 Å². The Morgan fingerprint density at radius 3 is 2.83 bits per heavy atom. The monoisotopic (exact) mass is 395 g/mol. The van der Waals surface area contributed by atoms with Gasteiger partial charge in [-0.15, -0.1) is 5.10 Å². The number of anilines is 1. The molecule has 9 heteroatoms. The second-order valence-corrected chi connectivity index (χ2v) is 7.39. The van der Waals surface area contributed by atoms with Crippen molar-refractivity contribution in [2.24, 2.45) is 0 Å². The summed E-state index contributed by atoms with van der Waals surface area (Å²) >= 11 is 0. The van der Waals surface area contributed by atoms with Gasteiger partial charge < -0.3 is 10.2 Å². The van der Waals surface area contributed by atoms with E-state index in [9.17, 15) is 9.18 Å². The minimum absolute atomic E-state index is 0.189. The van der Waals surface area contributed by atoms with E-state index in [1.807, 2.05) is 30.5 Å². The van der Waals surface area contributed by atoms with Crippen LogP contribution in [-0.4, -0.2) is 61.5 Å². The van der Waals surface area contributed by atoms with E-state index in [1.165, 1.54) is 0 Å². The molecule has 150 valence electrons. The fourth-order valence-corrected chi connectivity index (χ4v) is 4.03. The minimum atomic E-state index is -0.312. The number of rotatable bonds is 5. The molecule has 2 N–H and O–H groups in total. The largest absolute Gasteiger partial charge is 0.352 e. The molecule has 0 bridgehead atoms. The quantitative estimate of drug-likeness (QED) is 0.541. The SMILES string of the molecule is O=c1[nH]c(NC2CCN(CCF)CC2)nn2ccc(-c3ccn4nccc4c3)c12. The first-order valence-corrected chi connectivity index (χ1v) is 9.81. The Hall–Kier alpha value is -3.20. The second-order valence-electron chi connectivity index (χ2n) is 7.39. The number of nitrogens with zero attached hydrogens (tertiary/aromatic N) is 5. The fourth-order valence-electron chi connectivity index (χ4n) is 4.03. The van der Waals surface area contributed by atoms with Gasteiger partial charge in [-0.2, -0.15) is 5.10 Å². The normalized spacial score (nSPS) is 16.0. The molecule has 0 spiro atoms. The number of likely N-dealkylation sites (tertiary alicyclic amines) is 1. The minimum Gasteiger partial charge on any atom is -0.352 e. The number of piperidine rings is 1. The standard InChI is InChI=1S/C20H22FN7O/c21-6-12-26-8-3-15(4-9-26)23-20-24-19(29)18-17(5-11-28(18)25-20)14-2-10-27-16(13-14)1-7-22-27/h1-2,5,7,10-11,13,15H,3-4,6,8-9,12H2,(H2,23,24,25,29). The molecule has 8 nitrogen and oxygen atoms in total. The molecule has 0 radical (unpaired) electrons. The lowest BCUT2D eigenvalue weighted by Crippen LogP contribution is -2.40. The Bertz CT molecular complexity index is 1200. The summed E-state index contributed by atoms with van der Waals surface area (Å²) in [5, 5.41) is 12.1. The Kier molecular flexibility index (Phi) is 4.51. The highest BCUT2D eigenvalue weighted by Crippen LogP contribution is 2.25. The van der Waals surface area contributed by atoms with Crippen LogP contribution in [0, 0.1) is 0 Å². The van der Waals surface area contributed by atoms with Gasteiger partial charge in [0.15, 0.2) is 0 Å². The summed E-state index contributed by atoms with van der Waals surface area (Å²) in [4.78, 5) is 17.8. The number of aromatic amines is 1. The van der Waals surface area contributed by atoms with Crippen molar-refractivity contribution >= 4 is 17.0 Å². The number of fused-ring (bicyclic) bond motifs is 2. The maximum absolute atomic E-state index is 12.8. The highest BCUT2D eigenvalue weighted by atomic mass is 19.1. The molecule has 0 unspecified atom stereocenters. The van der Waals surface area contributed by atoms with Crippen LogP contribution in [0.1, 0.15) is 12.8 Å². The molecule has 1 aliphatic rings. The van der Waals surface area contributed by atoms with Gasteiger partial charge in [0.1, 0.15) is 12.2 Å². The number of aromatic nitrogens is 5. The van der Waals surface area contributed by atoms with Crippen molar-refractivity contribution in [1.82, 2.24) is 29.1 Å². The van der Waals surface area contributed by atoms with Crippen LogP contribution in [0.25, 0.3) is 22.2 Å². The van der Waals surface area contributed by atoms with Gasteiger partial charge in [-0.1, -0.05) is 0 Å². The molecule has 0 aliphatic carbocycles. The van der Waals surface area contributed by atoms with Crippen molar-refractivity contribution in [2.45, 2.75) is 18.9 Å². The summed E-state index contributed by atoms with van der Waals surface area (Å²) < 4.78 is 15.9. The first kappa shape index (κ1) is 17.9. The van der Waals surface area contributed by atoms with Crippen LogP contribution in [0.2, 0.25) is 0 Å². The lowest BCUT2D eigenvalue weighted by Gasteiger charge is -2.31. The maximum atomic E-state index is 12.8. The Morgan fingerprint density at radius 2 is 2.00 bits per heavy atom. The molecule has 29 heavy (non-hydrogen) atoms. The smallest absolute Gasteiger partial charge is 0.277 e. The number of pyridine rings is 1. The van der Waals surface area contributed by atoms with E-state index < -0.39 is 0 Å². The predicted molar refractivity (Wildman–Crippen MR) is 109 cm³/mol. The zero-order chi connectivity index (χ0) is 19.8. The molecule has 4 aromatic heterocycles. The number of hydrogen-bond acceptors (Lipinski definition) is 5. The summed E-state index contributed by atoms with van der Waals surface area (Å²) in [5.41, 5.74) is 3.05. The first-order valence-electron chi connectivity index (χ1n) is 9.81. The fraction of sp³-hybridized carbons (Fsp3) is 0.350. The van der Waals surface area contributed by atoms with Crippen molar-refractivity contribution < 1.29 is 4.39 Å². The van der Waals surface area contributed by atoms with Crippen LogP contribution in [-0.2, 0) is 0 Å². The van der Waals surface area contributed by atoms with Gasteiger partial charge in [0.05, 0.1) is 5.52 Å². The molecular formula is C20H22FN7O. The van der Waals surface area contributed by atoms with Gasteiger partial charge in [-0.3, -0.25) is 9.78 Å². The molecule has 1 fully saturated rings. The summed E-state index contributed by atoms with van der Waals surface area (Å²) in [5.74, 6) is 0.458. The highest BCUT2D eigenvalue weighted by molar-refractivity contribution is 5.82. The van der Waals surface area contributed by atoms with Gasteiger partial charge in [0.2, 0.25) is 5.95 Å². The van der Waals surface area contributed by atoms with Crippen LogP contribution >= 0.6 is 0 Å². The van der Waals surface area contributed by atoms with E-state index in [4.69, 9.17) is 0 Å². The van der Waals surface area contributed by atoms with Crippen molar-refractivity contribution in [3.05, 3.63) is 53.2 Å². The van der Waals surface area contributed by atoms with Crippen molar-refractivity contribution in [1.29, 1.82) is 0 Å². The van der Waals surface area contributed by atoms with Gasteiger partial charge >= 0.3 is 0 Å². The molecule has 1 aliphatic heterocycles. The molecule has 5 rings (SSSR count). The van der Waals surface area contributed by atoms with Crippen LogP contribution < -0.4 is 10.9 Å². The van der Waals surface area contributed by atoms with E-state index in [0.717, 1.165) is 42.6 Å². The molecule has 0 saturated carbocycles. The highest BCUT2D eigenvalue weighted by Gasteiger charge is 2.20. The van der Waals surface area contributed by atoms with Crippen LogP contribution in [0.4, 0.5) is 10.3 Å². The zero-order valence-corrected chi connectivity index (χ0v) is 15.9. The summed E-state index contributed by atoms with van der Waals surface area (Å²) in [6.45, 7) is 1.87. The molecule has 0 atom stereocenters. The topological polar surface area (TPSA) is 82.7 Å². The van der Waals surface area contributed by atoms with Crippen LogP contribution in [0.15, 0.2) is 47.7 Å². The third-order valence-corrected chi connectivity index (χ3v) is 5.56. The number of nitrogens with one attached hydrogen (secondary N) is 2. The number of halogens is 1. The Morgan fingerprint density at radius 1 is 1.17 bits per heavy atom. The number of H-pyrrole nitrogens is 1. The zero-order valence-electron chi connectivity index (χ0n) is 15.9. The summed E-state index contributed by atoms with van der Waals surface area (Å²) in [6, 6.07) is 7.97. The summed E-state index contributed by atoms with van der Waals surface area (Å²) in [6.07, 6.45) is 7.20. The van der Waals surface area contributed by atoms with Crippen LogP contribution in [0.3, 0.4) is 0 Å². The Balaban J connectivity index is 1.41. The molecule has 1 saturated heterocycles. The second kappa shape index (κ2) is 7.32. The van der Waals surface area contributed by atoms with E-state index in [-0.39, 0.29) is 18.3 Å². The van der Waals surface area contributed by atoms with Gasteiger partial charge in [-0.25, -0.2) is 13.4 Å². The lowest BCUT2D eigenvalue weighted by atomic mass is 10.1. The molecule has 4 aromatic rings. The van der Waals surface area contributed by atoms with E-state index in [0.29, 0.717) is 18.0 Å². The average Bonchev–Trinajstić information content (AvgIpc) is 3.36. The molecule has 0 aromatic carbocycles. The van der Waals surface area contributed by atoms with Crippen molar-refractivity contribution in [3.8, 4) is 11.1 Å².